The van der Waals surface area contributed by atoms with Crippen molar-refractivity contribution in [1.82, 2.24) is 4.90 Å². The molecule has 1 aliphatic rings. The Morgan fingerprint density at radius 2 is 2.17 bits per heavy atom. The molecule has 94 valence electrons. The van der Waals surface area contributed by atoms with Crippen molar-refractivity contribution in [2.24, 2.45) is 5.92 Å². The molecule has 0 saturated carbocycles. The van der Waals surface area contributed by atoms with Gasteiger partial charge in [-0.25, -0.2) is 0 Å². The normalized spacial score (nSPS) is 20.8. The second-order valence-corrected chi connectivity index (χ2v) is 4.99. The highest BCUT2D eigenvalue weighted by Crippen LogP contribution is 2.21. The van der Waals surface area contributed by atoms with Gasteiger partial charge in [0.2, 0.25) is 5.91 Å². The first-order valence-corrected chi connectivity index (χ1v) is 6.50. The number of rotatable bonds is 4. The summed E-state index contributed by atoms with van der Waals surface area (Å²) < 4.78 is 0. The van der Waals surface area contributed by atoms with E-state index >= 15 is 0 Å². The lowest BCUT2D eigenvalue weighted by Gasteiger charge is -2.24. The highest BCUT2D eigenvalue weighted by atomic mass is 16.2. The van der Waals surface area contributed by atoms with Crippen molar-refractivity contribution >= 4 is 5.91 Å². The molecular formula is C16H19NO. The zero-order valence-corrected chi connectivity index (χ0v) is 10.8. The van der Waals surface area contributed by atoms with Crippen LogP contribution in [0.15, 0.2) is 30.3 Å². The molecule has 0 aliphatic carbocycles. The molecular weight excluding hydrogens is 222 g/mol. The summed E-state index contributed by atoms with van der Waals surface area (Å²) >= 11 is 0. The predicted octanol–water partition coefficient (Wildman–Crippen LogP) is 2.49. The topological polar surface area (TPSA) is 20.3 Å². The average molecular weight is 241 g/mol. The van der Waals surface area contributed by atoms with E-state index < -0.39 is 0 Å². The van der Waals surface area contributed by atoms with Crippen LogP contribution in [0.1, 0.15) is 25.3 Å². The van der Waals surface area contributed by atoms with Gasteiger partial charge in [-0.3, -0.25) is 4.79 Å². The van der Waals surface area contributed by atoms with Gasteiger partial charge in [0.25, 0.3) is 0 Å². The van der Waals surface area contributed by atoms with E-state index in [4.69, 9.17) is 6.42 Å². The Morgan fingerprint density at radius 1 is 1.44 bits per heavy atom. The van der Waals surface area contributed by atoms with Gasteiger partial charge in [-0.15, -0.1) is 12.3 Å². The smallest absolute Gasteiger partial charge is 0.224 e. The third kappa shape index (κ3) is 2.92. The van der Waals surface area contributed by atoms with Crippen molar-refractivity contribution in [3.05, 3.63) is 35.9 Å². The number of nitrogens with zero attached hydrogens (tertiary/aromatic N) is 1. The molecule has 1 amide bonds. The number of carbonyl (C=O) groups excluding carboxylic acids is 1. The Balaban J connectivity index is 1.87. The van der Waals surface area contributed by atoms with E-state index in [1.54, 1.807) is 0 Å². The maximum Gasteiger partial charge on any atom is 0.224 e. The van der Waals surface area contributed by atoms with Crippen LogP contribution in [0.3, 0.4) is 0 Å². The van der Waals surface area contributed by atoms with Crippen LogP contribution in [0.2, 0.25) is 0 Å². The molecule has 0 aromatic heterocycles. The lowest BCUT2D eigenvalue weighted by molar-refractivity contribution is -0.129. The van der Waals surface area contributed by atoms with E-state index in [1.165, 1.54) is 5.56 Å². The number of hydrogen-bond donors (Lipinski definition) is 0. The maximum atomic E-state index is 11.8. The molecule has 2 unspecified atom stereocenters. The molecule has 1 fully saturated rings. The second-order valence-electron chi connectivity index (χ2n) is 4.99. The van der Waals surface area contributed by atoms with Gasteiger partial charge >= 0.3 is 0 Å². The van der Waals surface area contributed by atoms with Gasteiger partial charge < -0.3 is 4.90 Å². The summed E-state index contributed by atoms with van der Waals surface area (Å²) in [6.45, 7) is 2.84. The standard InChI is InChI=1S/C16H19NO/c1-3-14-11-16(18)17(12-14)13(2)9-10-15-7-5-4-6-8-15/h1,4-8,13-14H,9-12H2,2H3. The van der Waals surface area contributed by atoms with Crippen LogP contribution in [0.25, 0.3) is 0 Å². The molecule has 2 rings (SSSR count). The van der Waals surface area contributed by atoms with Gasteiger partial charge in [-0.1, -0.05) is 30.3 Å². The van der Waals surface area contributed by atoms with Gasteiger partial charge in [0, 0.05) is 24.9 Å². The molecule has 1 heterocycles. The van der Waals surface area contributed by atoms with Crippen LogP contribution in [0.5, 0.6) is 0 Å². The largest absolute Gasteiger partial charge is 0.339 e. The minimum Gasteiger partial charge on any atom is -0.339 e. The summed E-state index contributed by atoms with van der Waals surface area (Å²) in [4.78, 5) is 13.8. The molecule has 18 heavy (non-hydrogen) atoms. The van der Waals surface area contributed by atoms with E-state index in [1.807, 2.05) is 11.0 Å². The van der Waals surface area contributed by atoms with Crippen LogP contribution >= 0.6 is 0 Å². The fraction of sp³-hybridized carbons (Fsp3) is 0.438. The van der Waals surface area contributed by atoms with Gasteiger partial charge in [-0.2, -0.15) is 0 Å². The van der Waals surface area contributed by atoms with E-state index in [-0.39, 0.29) is 17.9 Å². The Hall–Kier alpha value is -1.75. The fourth-order valence-electron chi connectivity index (χ4n) is 2.45. The van der Waals surface area contributed by atoms with Crippen molar-refractivity contribution in [2.45, 2.75) is 32.2 Å². The summed E-state index contributed by atoms with van der Waals surface area (Å²) in [5.74, 6) is 3.01. The number of likely N-dealkylation sites (tertiary alicyclic amines) is 1. The van der Waals surface area contributed by atoms with Crippen LogP contribution in [0.4, 0.5) is 0 Å². The van der Waals surface area contributed by atoms with Crippen molar-refractivity contribution < 1.29 is 4.79 Å². The van der Waals surface area contributed by atoms with Crippen molar-refractivity contribution in [1.29, 1.82) is 0 Å². The monoisotopic (exact) mass is 241 g/mol. The summed E-state index contributed by atoms with van der Waals surface area (Å²) in [7, 11) is 0. The number of terminal acetylenes is 1. The zero-order chi connectivity index (χ0) is 13.0. The molecule has 1 saturated heterocycles. The Morgan fingerprint density at radius 3 is 2.78 bits per heavy atom. The predicted molar refractivity (Wildman–Crippen MR) is 72.9 cm³/mol. The van der Waals surface area contributed by atoms with E-state index in [0.717, 1.165) is 19.4 Å². The number of hydrogen-bond acceptors (Lipinski definition) is 1. The Labute approximate surface area is 109 Å². The fourth-order valence-corrected chi connectivity index (χ4v) is 2.45. The maximum absolute atomic E-state index is 11.8. The van der Waals surface area contributed by atoms with Crippen LogP contribution in [-0.4, -0.2) is 23.4 Å². The quantitative estimate of drug-likeness (QED) is 0.742. The number of aryl methyl sites for hydroxylation is 1. The highest BCUT2D eigenvalue weighted by Gasteiger charge is 2.31. The first-order valence-electron chi connectivity index (χ1n) is 6.50. The SMILES string of the molecule is C#CC1CC(=O)N(C(C)CCc2ccccc2)C1. The van der Waals surface area contributed by atoms with Crippen molar-refractivity contribution in [3.63, 3.8) is 0 Å². The molecule has 2 heteroatoms. The third-order valence-corrected chi connectivity index (χ3v) is 3.62. The number of carbonyl (C=O) groups is 1. The molecule has 0 bridgehead atoms. The molecule has 0 N–H and O–H groups in total. The molecule has 0 radical (unpaired) electrons. The minimum absolute atomic E-state index is 0.108. The first-order chi connectivity index (χ1) is 8.70. The van der Waals surface area contributed by atoms with Crippen molar-refractivity contribution in [3.8, 4) is 12.3 Å². The average Bonchev–Trinajstić information content (AvgIpc) is 2.78. The summed E-state index contributed by atoms with van der Waals surface area (Å²) in [5.41, 5.74) is 1.32. The summed E-state index contributed by atoms with van der Waals surface area (Å²) in [6, 6.07) is 10.7. The van der Waals surface area contributed by atoms with Crippen LogP contribution < -0.4 is 0 Å². The second kappa shape index (κ2) is 5.73. The van der Waals surface area contributed by atoms with E-state index in [9.17, 15) is 4.79 Å². The number of benzene rings is 1. The van der Waals surface area contributed by atoms with Gasteiger partial charge in [0.05, 0.1) is 0 Å². The van der Waals surface area contributed by atoms with Crippen LogP contribution in [0, 0.1) is 18.3 Å². The Bertz CT molecular complexity index is 446. The molecule has 1 aromatic carbocycles. The van der Waals surface area contributed by atoms with E-state index in [2.05, 4.69) is 37.1 Å². The lowest BCUT2D eigenvalue weighted by atomic mass is 10.1. The van der Waals surface area contributed by atoms with Gasteiger partial charge in [0.1, 0.15) is 0 Å². The van der Waals surface area contributed by atoms with Crippen LogP contribution in [-0.2, 0) is 11.2 Å². The Kier molecular flexibility index (Phi) is 4.04. The minimum atomic E-state index is 0.108. The summed E-state index contributed by atoms with van der Waals surface area (Å²) in [6.07, 6.45) is 7.91. The summed E-state index contributed by atoms with van der Waals surface area (Å²) in [5, 5.41) is 0. The molecule has 1 aliphatic heterocycles. The molecule has 1 aromatic rings. The third-order valence-electron chi connectivity index (χ3n) is 3.62. The lowest BCUT2D eigenvalue weighted by Crippen LogP contribution is -2.34. The zero-order valence-electron chi connectivity index (χ0n) is 10.8. The van der Waals surface area contributed by atoms with Crippen molar-refractivity contribution in [2.75, 3.05) is 6.54 Å². The van der Waals surface area contributed by atoms with Gasteiger partial charge in [0.15, 0.2) is 0 Å². The highest BCUT2D eigenvalue weighted by molar-refractivity contribution is 5.79. The number of amides is 1. The van der Waals surface area contributed by atoms with E-state index in [0.29, 0.717) is 6.42 Å². The molecule has 2 atom stereocenters. The molecule has 2 nitrogen and oxygen atoms in total. The first kappa shape index (κ1) is 12.7. The molecule has 0 spiro atoms. The van der Waals surface area contributed by atoms with Gasteiger partial charge in [-0.05, 0) is 25.3 Å².